The van der Waals surface area contributed by atoms with E-state index in [-0.39, 0.29) is 0 Å². The van der Waals surface area contributed by atoms with Crippen LogP contribution in [-0.2, 0) is 0 Å². The average molecular weight is 790 g/mol. The van der Waals surface area contributed by atoms with Gasteiger partial charge in [0.05, 0.1) is 0 Å². The SMILES string of the molecule is c1ccc(-c2cc(-c3ccccc3)cc(-c3nc(-c4ccc(-c5ccc(-c6cccc7ccccc67)cc5)cc4)nc(-c4ccc5cc(-c6ccccc6)ccc5c4)n3)c2)cc1. The predicted molar refractivity (Wildman–Crippen MR) is 258 cm³/mol. The van der Waals surface area contributed by atoms with Crippen LogP contribution in [0.25, 0.3) is 111 Å². The van der Waals surface area contributed by atoms with E-state index in [4.69, 9.17) is 15.0 Å². The van der Waals surface area contributed by atoms with Gasteiger partial charge in [-0.25, -0.2) is 15.0 Å². The molecule has 0 fully saturated rings. The monoisotopic (exact) mass is 789 g/mol. The van der Waals surface area contributed by atoms with Gasteiger partial charge in [-0.3, -0.25) is 0 Å². The van der Waals surface area contributed by atoms with Crippen molar-refractivity contribution in [1.29, 1.82) is 0 Å². The molecule has 0 saturated heterocycles. The second-order valence-electron chi connectivity index (χ2n) is 15.7. The lowest BCUT2D eigenvalue weighted by molar-refractivity contribution is 1.07. The topological polar surface area (TPSA) is 38.7 Å². The highest BCUT2D eigenvalue weighted by Crippen LogP contribution is 2.36. The third kappa shape index (κ3) is 7.33. The van der Waals surface area contributed by atoms with E-state index in [1.165, 1.54) is 33.0 Å². The fourth-order valence-corrected chi connectivity index (χ4v) is 8.44. The van der Waals surface area contributed by atoms with E-state index in [0.29, 0.717) is 17.5 Å². The molecule has 0 amide bonds. The average Bonchev–Trinajstić information content (AvgIpc) is 3.36. The summed E-state index contributed by atoms with van der Waals surface area (Å²) in [6.07, 6.45) is 0. The summed E-state index contributed by atoms with van der Waals surface area (Å²) in [4.78, 5) is 15.6. The molecule has 11 aromatic rings. The molecule has 11 rings (SSSR count). The Balaban J connectivity index is 1.00. The Labute approximate surface area is 361 Å². The molecule has 1 aromatic heterocycles. The lowest BCUT2D eigenvalue weighted by atomic mass is 9.95. The fraction of sp³-hybridized carbons (Fsp3) is 0. The highest BCUT2D eigenvalue weighted by Gasteiger charge is 2.16. The largest absolute Gasteiger partial charge is 0.208 e. The molecule has 0 spiro atoms. The molecule has 0 N–H and O–H groups in total. The number of fused-ring (bicyclic) bond motifs is 2. The first-order valence-corrected chi connectivity index (χ1v) is 21.0. The zero-order valence-electron chi connectivity index (χ0n) is 33.9. The first-order valence-electron chi connectivity index (χ1n) is 21.0. The van der Waals surface area contributed by atoms with Gasteiger partial charge < -0.3 is 0 Å². The Hall–Kier alpha value is -8.27. The van der Waals surface area contributed by atoms with Gasteiger partial charge in [0, 0.05) is 16.7 Å². The molecule has 0 unspecified atom stereocenters. The quantitative estimate of drug-likeness (QED) is 0.154. The maximum absolute atomic E-state index is 5.24. The summed E-state index contributed by atoms with van der Waals surface area (Å²) in [5.41, 5.74) is 14.3. The van der Waals surface area contributed by atoms with E-state index in [0.717, 1.165) is 60.8 Å². The molecule has 0 aliphatic heterocycles. The molecule has 0 aliphatic rings. The smallest absolute Gasteiger partial charge is 0.164 e. The van der Waals surface area contributed by atoms with Crippen molar-refractivity contribution >= 4 is 21.5 Å². The standard InChI is InChI=1S/C59H39N3/c1-4-13-40(14-5-1)48-31-32-50-36-51(34-33-49(50)35-48)58-60-57(61-59(62-58)54-38-52(41-15-6-2-7-16-41)37-53(39-54)42-17-8-3-9-18-42)47-29-25-44(26-30-47)43-23-27-46(28-24-43)56-22-12-20-45-19-10-11-21-55(45)56/h1-39H. The minimum Gasteiger partial charge on any atom is -0.208 e. The summed E-state index contributed by atoms with van der Waals surface area (Å²) in [5, 5.41) is 4.78. The normalized spacial score (nSPS) is 11.2. The van der Waals surface area contributed by atoms with Crippen LogP contribution in [0.2, 0.25) is 0 Å². The first-order chi connectivity index (χ1) is 30.7. The van der Waals surface area contributed by atoms with Gasteiger partial charge in [-0.2, -0.15) is 0 Å². The number of nitrogens with zero attached hydrogens (tertiary/aromatic N) is 3. The third-order valence-corrected chi connectivity index (χ3v) is 11.7. The van der Waals surface area contributed by atoms with E-state index < -0.39 is 0 Å². The maximum atomic E-state index is 5.24. The molecule has 0 aliphatic carbocycles. The second kappa shape index (κ2) is 16.1. The zero-order valence-corrected chi connectivity index (χ0v) is 33.9. The number of hydrogen-bond acceptors (Lipinski definition) is 3. The van der Waals surface area contributed by atoms with Crippen LogP contribution in [0, 0.1) is 0 Å². The molecule has 0 atom stereocenters. The molecule has 1 heterocycles. The molecular formula is C59H39N3. The molecule has 10 aromatic carbocycles. The Morgan fingerprint density at radius 1 is 0.194 bits per heavy atom. The van der Waals surface area contributed by atoms with Crippen LogP contribution >= 0.6 is 0 Å². The second-order valence-corrected chi connectivity index (χ2v) is 15.7. The van der Waals surface area contributed by atoms with Crippen LogP contribution in [0.4, 0.5) is 0 Å². The Kier molecular flexibility index (Phi) is 9.53. The van der Waals surface area contributed by atoms with E-state index in [1.54, 1.807) is 0 Å². The van der Waals surface area contributed by atoms with Gasteiger partial charge in [0.25, 0.3) is 0 Å². The molecule has 3 nitrogen and oxygen atoms in total. The molecule has 62 heavy (non-hydrogen) atoms. The summed E-state index contributed by atoms with van der Waals surface area (Å²) < 4.78 is 0. The van der Waals surface area contributed by atoms with E-state index >= 15 is 0 Å². The minimum absolute atomic E-state index is 0.618. The van der Waals surface area contributed by atoms with Crippen LogP contribution in [0.15, 0.2) is 237 Å². The molecule has 3 heteroatoms. The van der Waals surface area contributed by atoms with Gasteiger partial charge in [-0.15, -0.1) is 0 Å². The van der Waals surface area contributed by atoms with Crippen molar-refractivity contribution in [2.45, 2.75) is 0 Å². The minimum atomic E-state index is 0.618. The molecule has 0 saturated carbocycles. The van der Waals surface area contributed by atoms with Gasteiger partial charge in [0.15, 0.2) is 17.5 Å². The molecule has 0 bridgehead atoms. The van der Waals surface area contributed by atoms with Crippen LogP contribution < -0.4 is 0 Å². The van der Waals surface area contributed by atoms with E-state index in [2.05, 4.69) is 237 Å². The Morgan fingerprint density at radius 3 is 1.18 bits per heavy atom. The Bertz CT molecular complexity index is 3300. The third-order valence-electron chi connectivity index (χ3n) is 11.7. The summed E-state index contributed by atoms with van der Waals surface area (Å²) in [6.45, 7) is 0. The molecule has 0 radical (unpaired) electrons. The van der Waals surface area contributed by atoms with Crippen LogP contribution in [0.1, 0.15) is 0 Å². The first kappa shape index (κ1) is 36.8. The lowest BCUT2D eigenvalue weighted by Gasteiger charge is -2.13. The number of rotatable bonds is 8. The van der Waals surface area contributed by atoms with Gasteiger partial charge in [-0.1, -0.05) is 206 Å². The summed E-state index contributed by atoms with van der Waals surface area (Å²) in [6, 6.07) is 83.7. The Morgan fingerprint density at radius 2 is 0.581 bits per heavy atom. The lowest BCUT2D eigenvalue weighted by Crippen LogP contribution is -2.01. The van der Waals surface area contributed by atoms with Crippen LogP contribution in [-0.4, -0.2) is 15.0 Å². The van der Waals surface area contributed by atoms with Gasteiger partial charge in [0.2, 0.25) is 0 Å². The molecule has 290 valence electrons. The van der Waals surface area contributed by atoms with Gasteiger partial charge in [0.1, 0.15) is 0 Å². The van der Waals surface area contributed by atoms with Crippen molar-refractivity contribution < 1.29 is 0 Å². The van der Waals surface area contributed by atoms with Crippen LogP contribution in [0.5, 0.6) is 0 Å². The maximum Gasteiger partial charge on any atom is 0.164 e. The predicted octanol–water partition coefficient (Wildman–Crippen LogP) is 15.5. The van der Waals surface area contributed by atoms with Crippen molar-refractivity contribution in [3.8, 4) is 89.8 Å². The fourth-order valence-electron chi connectivity index (χ4n) is 8.44. The zero-order chi connectivity index (χ0) is 41.2. The van der Waals surface area contributed by atoms with E-state index in [1.807, 2.05) is 0 Å². The van der Waals surface area contributed by atoms with Crippen LogP contribution in [0.3, 0.4) is 0 Å². The van der Waals surface area contributed by atoms with Crippen molar-refractivity contribution in [1.82, 2.24) is 15.0 Å². The highest BCUT2D eigenvalue weighted by atomic mass is 15.0. The summed E-state index contributed by atoms with van der Waals surface area (Å²) in [7, 11) is 0. The van der Waals surface area contributed by atoms with Gasteiger partial charge >= 0.3 is 0 Å². The number of benzene rings is 10. The molecular weight excluding hydrogens is 751 g/mol. The number of hydrogen-bond donors (Lipinski definition) is 0. The van der Waals surface area contributed by atoms with E-state index in [9.17, 15) is 0 Å². The van der Waals surface area contributed by atoms with Crippen molar-refractivity contribution in [3.63, 3.8) is 0 Å². The van der Waals surface area contributed by atoms with Crippen molar-refractivity contribution in [2.24, 2.45) is 0 Å². The summed E-state index contributed by atoms with van der Waals surface area (Å²) >= 11 is 0. The van der Waals surface area contributed by atoms with Crippen molar-refractivity contribution in [3.05, 3.63) is 237 Å². The highest BCUT2D eigenvalue weighted by molar-refractivity contribution is 5.97. The van der Waals surface area contributed by atoms with Gasteiger partial charge in [-0.05, 0) is 108 Å². The number of aromatic nitrogens is 3. The summed E-state index contributed by atoms with van der Waals surface area (Å²) in [5.74, 6) is 1.86. The van der Waals surface area contributed by atoms with Crippen molar-refractivity contribution in [2.75, 3.05) is 0 Å².